The third kappa shape index (κ3) is 3.20. The van der Waals surface area contributed by atoms with E-state index in [1.807, 2.05) is 6.07 Å². The van der Waals surface area contributed by atoms with Gasteiger partial charge in [-0.05, 0) is 55.3 Å². The normalized spacial score (nSPS) is 11.6. The van der Waals surface area contributed by atoms with Gasteiger partial charge in [-0.1, -0.05) is 17.7 Å². The zero-order valence-electron chi connectivity index (χ0n) is 13.3. The van der Waals surface area contributed by atoms with Crippen LogP contribution in [-0.4, -0.2) is 24.7 Å². The molecule has 2 N–H and O–H groups in total. The summed E-state index contributed by atoms with van der Waals surface area (Å²) in [5.41, 5.74) is 1.96. The van der Waals surface area contributed by atoms with Crippen molar-refractivity contribution in [3.05, 3.63) is 52.5 Å². The number of aromatic nitrogens is 1. The van der Waals surface area contributed by atoms with Crippen LogP contribution in [0.5, 0.6) is 5.88 Å². The van der Waals surface area contributed by atoms with Crippen molar-refractivity contribution < 1.29 is 23.1 Å². The Morgan fingerprint density at radius 2 is 1.76 bits per heavy atom. The average Bonchev–Trinajstić information content (AvgIpc) is 2.82. The Bertz CT molecular complexity index is 1080. The fourth-order valence-electron chi connectivity index (χ4n) is 2.75. The van der Waals surface area contributed by atoms with Crippen LogP contribution in [0, 0.1) is 13.8 Å². The van der Waals surface area contributed by atoms with Gasteiger partial charge in [0, 0.05) is 15.9 Å². The molecule has 130 valence electrons. The maximum Gasteiger partial charge on any atom is 0.512 e. The number of fused-ring (bicyclic) bond motifs is 1. The minimum absolute atomic E-state index is 0.0566. The van der Waals surface area contributed by atoms with Gasteiger partial charge in [0.15, 0.2) is 0 Å². The molecular formula is C17H14ClNO5S. The van der Waals surface area contributed by atoms with Crippen molar-refractivity contribution in [3.63, 3.8) is 0 Å². The number of nitrogens with one attached hydrogen (secondary N) is 1. The second-order valence-electron chi connectivity index (χ2n) is 5.67. The lowest BCUT2D eigenvalue weighted by Crippen LogP contribution is -2.09. The number of aromatic amines is 1. The fourth-order valence-corrected chi connectivity index (χ4v) is 4.63. The van der Waals surface area contributed by atoms with Gasteiger partial charge >= 0.3 is 6.16 Å². The molecule has 0 aliphatic carbocycles. The van der Waals surface area contributed by atoms with Crippen LogP contribution in [0.3, 0.4) is 0 Å². The lowest BCUT2D eigenvalue weighted by Gasteiger charge is -2.08. The van der Waals surface area contributed by atoms with E-state index in [1.165, 1.54) is 18.2 Å². The Kier molecular flexibility index (Phi) is 4.22. The molecule has 3 aromatic rings. The topological polar surface area (TPSA) is 96.5 Å². The highest BCUT2D eigenvalue weighted by molar-refractivity contribution is 7.91. The quantitative estimate of drug-likeness (QED) is 0.660. The number of carbonyl (C=O) groups is 1. The van der Waals surface area contributed by atoms with Crippen molar-refractivity contribution in [2.45, 2.75) is 23.6 Å². The third-order valence-electron chi connectivity index (χ3n) is 3.64. The van der Waals surface area contributed by atoms with Gasteiger partial charge in [0.2, 0.25) is 15.7 Å². The van der Waals surface area contributed by atoms with E-state index in [4.69, 9.17) is 16.7 Å². The molecule has 6 nitrogen and oxygen atoms in total. The lowest BCUT2D eigenvalue weighted by atomic mass is 10.2. The van der Waals surface area contributed by atoms with Crippen LogP contribution in [0.4, 0.5) is 4.79 Å². The number of carboxylic acid groups (broad SMARTS) is 1. The van der Waals surface area contributed by atoms with Gasteiger partial charge < -0.3 is 14.8 Å². The summed E-state index contributed by atoms with van der Waals surface area (Å²) in [5, 5.41) is 9.52. The molecular weight excluding hydrogens is 366 g/mol. The number of halogens is 1. The maximum absolute atomic E-state index is 13.2. The molecule has 0 bridgehead atoms. The Balaban J connectivity index is 2.35. The highest BCUT2D eigenvalue weighted by Crippen LogP contribution is 2.37. The summed E-state index contributed by atoms with van der Waals surface area (Å²) in [5.74, 6) is -0.357. The number of H-pyrrole nitrogens is 1. The van der Waals surface area contributed by atoms with Crippen LogP contribution >= 0.6 is 11.6 Å². The zero-order valence-corrected chi connectivity index (χ0v) is 14.9. The van der Waals surface area contributed by atoms with Crippen molar-refractivity contribution >= 4 is 38.5 Å². The zero-order chi connectivity index (χ0) is 18.4. The molecule has 0 amide bonds. The van der Waals surface area contributed by atoms with E-state index in [1.54, 1.807) is 26.0 Å². The summed E-state index contributed by atoms with van der Waals surface area (Å²) in [6, 6.07) is 9.48. The first kappa shape index (κ1) is 17.3. The molecule has 0 aliphatic heterocycles. The Morgan fingerprint density at radius 3 is 2.36 bits per heavy atom. The molecule has 1 aromatic heterocycles. The number of sulfone groups is 1. The molecule has 0 unspecified atom stereocenters. The second kappa shape index (κ2) is 6.09. The Morgan fingerprint density at radius 1 is 1.12 bits per heavy atom. The highest BCUT2D eigenvalue weighted by Gasteiger charge is 2.29. The van der Waals surface area contributed by atoms with E-state index >= 15 is 0 Å². The summed E-state index contributed by atoms with van der Waals surface area (Å²) >= 11 is 5.99. The van der Waals surface area contributed by atoms with E-state index in [2.05, 4.69) is 9.72 Å². The molecule has 0 aliphatic rings. The van der Waals surface area contributed by atoms with Crippen molar-refractivity contribution in [2.75, 3.05) is 0 Å². The number of ether oxygens (including phenoxy) is 1. The molecule has 0 spiro atoms. The van der Waals surface area contributed by atoms with Crippen LogP contribution in [0.1, 0.15) is 11.1 Å². The molecule has 0 radical (unpaired) electrons. The van der Waals surface area contributed by atoms with E-state index in [-0.39, 0.29) is 21.1 Å². The Labute approximate surface area is 148 Å². The number of rotatable bonds is 3. The molecule has 0 atom stereocenters. The van der Waals surface area contributed by atoms with Crippen molar-refractivity contribution in [1.29, 1.82) is 0 Å². The third-order valence-corrected chi connectivity index (χ3v) is 5.68. The standard InChI is InChI=1S/C17H14ClNO5S/c1-9-5-10(2)7-12(6-9)25(22,23)15-13-8-11(18)3-4-14(13)19-16(15)24-17(20)21/h3-8,19H,1-2H3,(H,20,21). The van der Waals surface area contributed by atoms with Crippen LogP contribution in [-0.2, 0) is 9.84 Å². The first-order valence-electron chi connectivity index (χ1n) is 7.24. The number of benzene rings is 2. The molecule has 0 fully saturated rings. The van der Waals surface area contributed by atoms with Gasteiger partial charge in [0.1, 0.15) is 4.90 Å². The average molecular weight is 380 g/mol. The molecule has 8 heteroatoms. The van der Waals surface area contributed by atoms with Gasteiger partial charge in [-0.25, -0.2) is 13.2 Å². The largest absolute Gasteiger partial charge is 0.512 e. The number of aryl methyl sites for hydroxylation is 2. The van der Waals surface area contributed by atoms with Gasteiger partial charge in [-0.3, -0.25) is 0 Å². The number of hydrogen-bond donors (Lipinski definition) is 2. The van der Waals surface area contributed by atoms with E-state index in [9.17, 15) is 13.2 Å². The van der Waals surface area contributed by atoms with Crippen LogP contribution in [0.25, 0.3) is 10.9 Å². The number of hydrogen-bond acceptors (Lipinski definition) is 4. The minimum Gasteiger partial charge on any atom is -0.449 e. The fraction of sp³-hybridized carbons (Fsp3) is 0.118. The van der Waals surface area contributed by atoms with E-state index < -0.39 is 16.0 Å². The molecule has 2 aromatic carbocycles. The first-order valence-corrected chi connectivity index (χ1v) is 9.10. The van der Waals surface area contributed by atoms with Crippen molar-refractivity contribution in [2.24, 2.45) is 0 Å². The summed E-state index contributed by atoms with van der Waals surface area (Å²) < 4.78 is 31.1. The summed E-state index contributed by atoms with van der Waals surface area (Å²) in [6.45, 7) is 3.57. The monoisotopic (exact) mass is 379 g/mol. The van der Waals surface area contributed by atoms with Crippen LogP contribution in [0.2, 0.25) is 5.02 Å². The summed E-state index contributed by atoms with van der Waals surface area (Å²) in [7, 11) is -4.04. The van der Waals surface area contributed by atoms with Crippen LogP contribution in [0.15, 0.2) is 46.2 Å². The first-order chi connectivity index (χ1) is 11.7. The minimum atomic E-state index is -4.04. The highest BCUT2D eigenvalue weighted by atomic mass is 35.5. The second-order valence-corrected chi connectivity index (χ2v) is 7.99. The Hall–Kier alpha value is -2.51. The summed E-state index contributed by atoms with van der Waals surface area (Å²) in [4.78, 5) is 13.5. The van der Waals surface area contributed by atoms with Crippen molar-refractivity contribution in [3.8, 4) is 5.88 Å². The van der Waals surface area contributed by atoms with E-state index in [0.29, 0.717) is 10.5 Å². The lowest BCUT2D eigenvalue weighted by molar-refractivity contribution is 0.141. The van der Waals surface area contributed by atoms with Gasteiger partial charge in [0.05, 0.1) is 4.90 Å². The summed E-state index contributed by atoms with van der Waals surface area (Å²) in [6.07, 6.45) is -1.62. The van der Waals surface area contributed by atoms with Gasteiger partial charge in [-0.15, -0.1) is 0 Å². The predicted molar refractivity (Wildman–Crippen MR) is 93.3 cm³/mol. The smallest absolute Gasteiger partial charge is 0.449 e. The molecule has 25 heavy (non-hydrogen) atoms. The molecule has 3 rings (SSSR count). The maximum atomic E-state index is 13.2. The van der Waals surface area contributed by atoms with Gasteiger partial charge in [0.25, 0.3) is 0 Å². The van der Waals surface area contributed by atoms with Crippen molar-refractivity contribution in [1.82, 2.24) is 4.98 Å². The molecule has 1 heterocycles. The van der Waals surface area contributed by atoms with E-state index in [0.717, 1.165) is 11.1 Å². The van der Waals surface area contributed by atoms with Crippen LogP contribution < -0.4 is 4.74 Å². The SMILES string of the molecule is Cc1cc(C)cc(S(=O)(=O)c2c(OC(=O)O)[nH]c3ccc(Cl)cc23)c1. The molecule has 0 saturated carbocycles. The predicted octanol–water partition coefficient (Wildman–Crippen LogP) is 4.33. The van der Waals surface area contributed by atoms with Gasteiger partial charge in [-0.2, -0.15) is 0 Å². The molecule has 0 saturated heterocycles.